The Labute approximate surface area is 137 Å². The number of rotatable bonds is 3. The highest BCUT2D eigenvalue weighted by Gasteiger charge is 2.33. The van der Waals surface area contributed by atoms with Crippen LogP contribution >= 0.6 is 0 Å². The molecule has 0 bridgehead atoms. The number of alkyl halides is 3. The molecule has 124 valence electrons. The number of hydrogen-bond donors (Lipinski definition) is 2. The Morgan fingerprint density at radius 2 is 2.04 bits per heavy atom. The molecule has 1 aliphatic rings. The highest BCUT2D eigenvalue weighted by atomic mass is 19.4. The van der Waals surface area contributed by atoms with Gasteiger partial charge in [0.15, 0.2) is 0 Å². The van der Waals surface area contributed by atoms with E-state index >= 15 is 0 Å². The lowest BCUT2D eigenvalue weighted by Gasteiger charge is -2.27. The molecule has 2 aromatic rings. The number of fused-ring (bicyclic) bond motifs is 1. The van der Waals surface area contributed by atoms with Crippen LogP contribution < -0.4 is 10.6 Å². The average Bonchev–Trinajstić information content (AvgIpc) is 2.58. The monoisotopic (exact) mass is 332 g/mol. The van der Waals surface area contributed by atoms with Gasteiger partial charge in [-0.3, -0.25) is 0 Å². The predicted molar refractivity (Wildman–Crippen MR) is 83.3 cm³/mol. The number of benzene rings is 1. The van der Waals surface area contributed by atoms with Gasteiger partial charge in [-0.25, -0.2) is 4.98 Å². The van der Waals surface area contributed by atoms with Crippen LogP contribution in [0, 0.1) is 11.3 Å². The van der Waals surface area contributed by atoms with Crippen LogP contribution in [0.5, 0.6) is 0 Å². The normalized spacial score (nSPS) is 17.0. The summed E-state index contributed by atoms with van der Waals surface area (Å²) in [6.45, 7) is 1.14. The molecule has 3 rings (SSSR count). The van der Waals surface area contributed by atoms with Crippen molar-refractivity contribution < 1.29 is 13.2 Å². The summed E-state index contributed by atoms with van der Waals surface area (Å²) in [6.07, 6.45) is -3.63. The van der Waals surface area contributed by atoms with Crippen molar-refractivity contribution in [2.24, 2.45) is 0 Å². The van der Waals surface area contributed by atoms with Crippen LogP contribution in [0.3, 0.4) is 0 Å². The van der Waals surface area contributed by atoms with Gasteiger partial charge < -0.3 is 10.6 Å². The summed E-state index contributed by atoms with van der Waals surface area (Å²) in [5.41, 5.74) is 1.41. The minimum Gasteiger partial charge on any atom is -0.367 e. The number of aromatic nitrogens is 1. The number of hydrogen-bond acceptors (Lipinski definition) is 4. The molecule has 0 fully saturated rings. The number of nitrogens with one attached hydrogen (secondary N) is 2. The minimum atomic E-state index is -4.54. The van der Waals surface area contributed by atoms with Gasteiger partial charge in [-0.2, -0.15) is 18.4 Å². The Kier molecular flexibility index (Phi) is 4.40. The Morgan fingerprint density at radius 3 is 2.79 bits per heavy atom. The summed E-state index contributed by atoms with van der Waals surface area (Å²) in [5.74, 6) is -0.0443. The van der Waals surface area contributed by atoms with E-state index in [1.165, 1.54) is 5.56 Å². The van der Waals surface area contributed by atoms with Crippen LogP contribution in [0.15, 0.2) is 36.4 Å². The second kappa shape index (κ2) is 6.49. The van der Waals surface area contributed by atoms with Crippen molar-refractivity contribution in [1.29, 1.82) is 5.26 Å². The topological polar surface area (TPSA) is 60.7 Å². The molecule has 0 aliphatic carbocycles. The van der Waals surface area contributed by atoms with E-state index in [0.29, 0.717) is 6.54 Å². The van der Waals surface area contributed by atoms with Gasteiger partial charge in [-0.05, 0) is 36.2 Å². The molecule has 4 nitrogen and oxygen atoms in total. The molecule has 1 atom stereocenters. The van der Waals surface area contributed by atoms with Crippen LogP contribution in [-0.2, 0) is 12.6 Å². The van der Waals surface area contributed by atoms with E-state index in [2.05, 4.69) is 15.6 Å². The van der Waals surface area contributed by atoms with Gasteiger partial charge in [0.25, 0.3) is 0 Å². The third kappa shape index (κ3) is 3.34. The van der Waals surface area contributed by atoms with Crippen LogP contribution in [-0.4, -0.2) is 18.1 Å². The van der Waals surface area contributed by atoms with E-state index in [9.17, 15) is 13.2 Å². The van der Waals surface area contributed by atoms with Crippen molar-refractivity contribution in [1.82, 2.24) is 10.3 Å². The Hall–Kier alpha value is -2.59. The van der Waals surface area contributed by atoms with Crippen LogP contribution in [0.25, 0.3) is 0 Å². The zero-order valence-electron chi connectivity index (χ0n) is 12.7. The fraction of sp³-hybridized carbons (Fsp3) is 0.294. The zero-order chi connectivity index (χ0) is 17.2. The van der Waals surface area contributed by atoms with Gasteiger partial charge in [-0.1, -0.05) is 24.3 Å². The molecule has 0 amide bonds. The summed E-state index contributed by atoms with van der Waals surface area (Å²) < 4.78 is 38.4. The van der Waals surface area contributed by atoms with Gasteiger partial charge in [0.2, 0.25) is 0 Å². The molecule has 0 spiro atoms. The molecule has 1 unspecified atom stereocenters. The first-order valence-corrected chi connectivity index (χ1v) is 7.52. The molecule has 2 heterocycles. The third-order valence-corrected chi connectivity index (χ3v) is 4.00. The standard InChI is InChI=1S/C17H15F3N4/c18-17(19,20)15-6-5-12(9-21)16(24-15)23-10-14-13-4-2-1-3-11(13)7-8-22-14/h1-6,14,22H,7-8,10H2,(H,23,24). The van der Waals surface area contributed by atoms with Gasteiger partial charge >= 0.3 is 6.18 Å². The van der Waals surface area contributed by atoms with Crippen LogP contribution in [0.2, 0.25) is 0 Å². The van der Waals surface area contributed by atoms with E-state index in [0.717, 1.165) is 30.7 Å². The molecule has 2 N–H and O–H groups in total. The lowest BCUT2D eigenvalue weighted by atomic mass is 9.94. The fourth-order valence-corrected chi connectivity index (χ4v) is 2.82. The fourth-order valence-electron chi connectivity index (χ4n) is 2.82. The molecule has 1 aromatic heterocycles. The molecular formula is C17H15F3N4. The Bertz CT molecular complexity index is 780. The van der Waals surface area contributed by atoms with Gasteiger partial charge in [0, 0.05) is 12.6 Å². The summed E-state index contributed by atoms with van der Waals surface area (Å²) in [4.78, 5) is 3.57. The van der Waals surface area contributed by atoms with Crippen molar-refractivity contribution in [2.45, 2.75) is 18.6 Å². The largest absolute Gasteiger partial charge is 0.433 e. The molecule has 0 saturated heterocycles. The maximum atomic E-state index is 12.8. The average molecular weight is 332 g/mol. The van der Waals surface area contributed by atoms with E-state index in [-0.39, 0.29) is 17.4 Å². The smallest absolute Gasteiger partial charge is 0.367 e. The van der Waals surface area contributed by atoms with Gasteiger partial charge in [0.05, 0.1) is 5.56 Å². The Morgan fingerprint density at radius 1 is 1.25 bits per heavy atom. The van der Waals surface area contributed by atoms with E-state index in [1.54, 1.807) is 0 Å². The van der Waals surface area contributed by atoms with E-state index < -0.39 is 11.9 Å². The number of pyridine rings is 1. The van der Waals surface area contributed by atoms with Gasteiger partial charge in [0.1, 0.15) is 17.6 Å². The minimum absolute atomic E-state index is 0.0437. The quantitative estimate of drug-likeness (QED) is 0.906. The number of halogens is 3. The predicted octanol–water partition coefficient (Wildman–Crippen LogP) is 3.27. The molecule has 1 aromatic carbocycles. The van der Waals surface area contributed by atoms with E-state index in [1.807, 2.05) is 30.3 Å². The van der Waals surface area contributed by atoms with E-state index in [4.69, 9.17) is 5.26 Å². The molecule has 24 heavy (non-hydrogen) atoms. The lowest BCUT2D eigenvalue weighted by molar-refractivity contribution is -0.141. The number of nitrogens with zero attached hydrogens (tertiary/aromatic N) is 2. The second-order valence-electron chi connectivity index (χ2n) is 5.54. The highest BCUT2D eigenvalue weighted by molar-refractivity contribution is 5.53. The summed E-state index contributed by atoms with van der Waals surface area (Å²) in [5, 5.41) is 15.3. The molecule has 1 aliphatic heterocycles. The molecule has 0 saturated carbocycles. The zero-order valence-corrected chi connectivity index (χ0v) is 12.7. The van der Waals surface area contributed by atoms with Crippen LogP contribution in [0.4, 0.5) is 19.0 Å². The summed E-state index contributed by atoms with van der Waals surface area (Å²) in [7, 11) is 0. The first-order chi connectivity index (χ1) is 11.5. The highest BCUT2D eigenvalue weighted by Crippen LogP contribution is 2.30. The van der Waals surface area contributed by atoms with Crippen molar-refractivity contribution in [2.75, 3.05) is 18.4 Å². The molecule has 0 radical (unpaired) electrons. The van der Waals surface area contributed by atoms with Crippen molar-refractivity contribution in [3.8, 4) is 6.07 Å². The van der Waals surface area contributed by atoms with Crippen molar-refractivity contribution in [3.63, 3.8) is 0 Å². The van der Waals surface area contributed by atoms with Crippen LogP contribution in [0.1, 0.15) is 28.4 Å². The maximum absolute atomic E-state index is 12.8. The van der Waals surface area contributed by atoms with Crippen molar-refractivity contribution in [3.05, 3.63) is 58.8 Å². The Balaban J connectivity index is 1.81. The maximum Gasteiger partial charge on any atom is 0.433 e. The summed E-state index contributed by atoms with van der Waals surface area (Å²) >= 11 is 0. The number of nitriles is 1. The summed E-state index contributed by atoms with van der Waals surface area (Å²) in [6, 6.07) is 11.7. The SMILES string of the molecule is N#Cc1ccc(C(F)(F)F)nc1NCC1NCCc2ccccc21. The molecule has 7 heteroatoms. The third-order valence-electron chi connectivity index (χ3n) is 4.00. The number of anilines is 1. The van der Waals surface area contributed by atoms with Crippen molar-refractivity contribution >= 4 is 5.82 Å². The molecular weight excluding hydrogens is 317 g/mol. The first kappa shape index (κ1) is 16.3. The second-order valence-corrected chi connectivity index (χ2v) is 5.54. The lowest BCUT2D eigenvalue weighted by Crippen LogP contribution is -2.34. The first-order valence-electron chi connectivity index (χ1n) is 7.52. The van der Waals surface area contributed by atoms with Gasteiger partial charge in [-0.15, -0.1) is 0 Å².